The molecule has 1 amide bonds. The zero-order chi connectivity index (χ0) is 20.6. The van der Waals surface area contributed by atoms with Crippen LogP contribution >= 0.6 is 0 Å². The van der Waals surface area contributed by atoms with Gasteiger partial charge in [0, 0.05) is 23.2 Å². The summed E-state index contributed by atoms with van der Waals surface area (Å²) >= 11 is 0. The number of phenolic OH excluding ortho intramolecular Hbond substituents is 1. The number of anilines is 1. The Hall–Kier alpha value is -3.73. The van der Waals surface area contributed by atoms with Gasteiger partial charge in [0.05, 0.1) is 0 Å². The predicted octanol–water partition coefficient (Wildman–Crippen LogP) is 4.15. The summed E-state index contributed by atoms with van der Waals surface area (Å²) in [6.07, 6.45) is 1.33. The Morgan fingerprint density at radius 3 is 2.03 bits per heavy atom. The molecular weight excluding hydrogens is 366 g/mol. The summed E-state index contributed by atoms with van der Waals surface area (Å²) in [7, 11) is 0. The lowest BCUT2D eigenvalue weighted by Crippen LogP contribution is -2.22. The molecule has 0 fully saturated rings. The van der Waals surface area contributed by atoms with Gasteiger partial charge in [0.15, 0.2) is 5.78 Å². The number of Topliss-reactive ketones (excluding diaryl/α,β-unsaturated/α-hetero) is 1. The van der Waals surface area contributed by atoms with Crippen molar-refractivity contribution in [2.24, 2.45) is 0 Å². The van der Waals surface area contributed by atoms with Crippen molar-refractivity contribution in [2.45, 2.75) is 19.3 Å². The number of amides is 1. The largest absolute Gasteiger partial charge is 0.508 e. The highest BCUT2D eigenvalue weighted by Crippen LogP contribution is 2.15. The van der Waals surface area contributed by atoms with Crippen molar-refractivity contribution in [3.05, 3.63) is 95.6 Å². The number of phenols is 1. The standard InChI is InChI=1S/C24H21NO4/c26-21-15-9-17(10-16-21)5-4-8-22(27)24(29)25-20-13-11-19(12-14-20)23(28)18-6-2-1-3-7-18/h1-3,6-7,9-16,26H,4-5,8H2,(H,25,29). The number of aromatic hydroxyl groups is 1. The third-order valence-electron chi connectivity index (χ3n) is 4.50. The first kappa shape index (κ1) is 20.0. The van der Waals surface area contributed by atoms with Gasteiger partial charge in [-0.15, -0.1) is 0 Å². The van der Waals surface area contributed by atoms with Crippen LogP contribution in [-0.4, -0.2) is 22.6 Å². The van der Waals surface area contributed by atoms with E-state index in [1.165, 1.54) is 0 Å². The molecule has 0 aliphatic rings. The van der Waals surface area contributed by atoms with Crippen LogP contribution in [0, 0.1) is 0 Å². The number of carbonyl (C=O) groups is 3. The monoisotopic (exact) mass is 387 g/mol. The topological polar surface area (TPSA) is 83.5 Å². The molecule has 5 heteroatoms. The van der Waals surface area contributed by atoms with Crippen molar-refractivity contribution in [3.8, 4) is 5.75 Å². The van der Waals surface area contributed by atoms with E-state index in [-0.39, 0.29) is 18.0 Å². The zero-order valence-electron chi connectivity index (χ0n) is 15.8. The molecule has 0 aliphatic heterocycles. The van der Waals surface area contributed by atoms with Crippen LogP contribution in [0.15, 0.2) is 78.9 Å². The number of nitrogens with one attached hydrogen (secondary N) is 1. The molecule has 0 unspecified atom stereocenters. The van der Waals surface area contributed by atoms with Gasteiger partial charge in [-0.1, -0.05) is 42.5 Å². The smallest absolute Gasteiger partial charge is 0.291 e. The number of hydrogen-bond donors (Lipinski definition) is 2. The minimum Gasteiger partial charge on any atom is -0.508 e. The second kappa shape index (κ2) is 9.46. The van der Waals surface area contributed by atoms with Gasteiger partial charge >= 0.3 is 0 Å². The maximum Gasteiger partial charge on any atom is 0.291 e. The van der Waals surface area contributed by atoms with Gasteiger partial charge in [0.1, 0.15) is 5.75 Å². The Balaban J connectivity index is 1.50. The summed E-state index contributed by atoms with van der Waals surface area (Å²) in [4.78, 5) is 36.5. The van der Waals surface area contributed by atoms with E-state index in [9.17, 15) is 19.5 Å². The molecule has 2 N–H and O–H groups in total. The van der Waals surface area contributed by atoms with Crippen molar-refractivity contribution in [2.75, 3.05) is 5.32 Å². The van der Waals surface area contributed by atoms with Gasteiger partial charge in [0.2, 0.25) is 5.78 Å². The van der Waals surface area contributed by atoms with Gasteiger partial charge < -0.3 is 10.4 Å². The zero-order valence-corrected chi connectivity index (χ0v) is 15.8. The summed E-state index contributed by atoms with van der Waals surface area (Å²) in [5.41, 5.74) is 2.56. The minimum atomic E-state index is -0.669. The molecule has 0 aromatic heterocycles. The lowest BCUT2D eigenvalue weighted by atomic mass is 10.0. The molecule has 0 atom stereocenters. The second-order valence-corrected chi connectivity index (χ2v) is 6.67. The number of benzene rings is 3. The van der Waals surface area contributed by atoms with Gasteiger partial charge in [-0.2, -0.15) is 0 Å². The Morgan fingerprint density at radius 1 is 0.759 bits per heavy atom. The van der Waals surface area contributed by atoms with Gasteiger partial charge in [-0.3, -0.25) is 14.4 Å². The molecule has 0 aliphatic carbocycles. The van der Waals surface area contributed by atoms with E-state index < -0.39 is 11.7 Å². The van der Waals surface area contributed by atoms with Crippen molar-refractivity contribution in [1.29, 1.82) is 0 Å². The normalized spacial score (nSPS) is 10.3. The summed E-state index contributed by atoms with van der Waals surface area (Å²) < 4.78 is 0. The molecule has 3 aromatic rings. The number of rotatable bonds is 8. The minimum absolute atomic E-state index is 0.103. The lowest BCUT2D eigenvalue weighted by molar-refractivity contribution is -0.134. The van der Waals surface area contributed by atoms with E-state index in [2.05, 4.69) is 5.32 Å². The predicted molar refractivity (Wildman–Crippen MR) is 111 cm³/mol. The fraction of sp³-hybridized carbons (Fsp3) is 0.125. The highest BCUT2D eigenvalue weighted by atomic mass is 16.3. The second-order valence-electron chi connectivity index (χ2n) is 6.67. The van der Waals surface area contributed by atoms with Crippen LogP contribution in [0.5, 0.6) is 5.75 Å². The molecule has 5 nitrogen and oxygen atoms in total. The summed E-state index contributed by atoms with van der Waals surface area (Å²) in [5, 5.41) is 11.8. The molecule has 0 bridgehead atoms. The van der Waals surface area contributed by atoms with Crippen LogP contribution in [-0.2, 0) is 16.0 Å². The van der Waals surface area contributed by atoms with E-state index in [0.717, 1.165) is 5.56 Å². The molecule has 146 valence electrons. The first-order valence-electron chi connectivity index (χ1n) is 9.35. The Morgan fingerprint density at radius 2 is 1.38 bits per heavy atom. The fourth-order valence-electron chi connectivity index (χ4n) is 2.89. The van der Waals surface area contributed by atoms with Gasteiger partial charge in [-0.25, -0.2) is 0 Å². The summed E-state index contributed by atoms with van der Waals surface area (Å²) in [5.74, 6) is -1.07. The van der Waals surface area contributed by atoms with E-state index in [0.29, 0.717) is 29.7 Å². The van der Waals surface area contributed by atoms with Gasteiger partial charge in [0.25, 0.3) is 5.91 Å². The van der Waals surface area contributed by atoms with Crippen molar-refractivity contribution < 1.29 is 19.5 Å². The van der Waals surface area contributed by atoms with Crippen molar-refractivity contribution in [1.82, 2.24) is 0 Å². The Bertz CT molecular complexity index is 993. The summed E-state index contributed by atoms with van der Waals surface area (Å²) in [6, 6.07) is 22.2. The van der Waals surface area contributed by atoms with E-state index in [1.807, 2.05) is 6.07 Å². The molecule has 0 saturated heterocycles. The maximum atomic E-state index is 12.4. The third-order valence-corrected chi connectivity index (χ3v) is 4.50. The van der Waals surface area contributed by atoms with Crippen LogP contribution in [0.4, 0.5) is 5.69 Å². The lowest BCUT2D eigenvalue weighted by Gasteiger charge is -2.06. The van der Waals surface area contributed by atoms with Crippen LogP contribution in [0.25, 0.3) is 0 Å². The number of hydrogen-bond acceptors (Lipinski definition) is 4. The molecule has 0 radical (unpaired) electrons. The number of ketones is 2. The number of aryl methyl sites for hydroxylation is 1. The average molecular weight is 387 g/mol. The molecule has 0 heterocycles. The Labute approximate surface area is 169 Å². The highest BCUT2D eigenvalue weighted by molar-refractivity contribution is 6.40. The highest BCUT2D eigenvalue weighted by Gasteiger charge is 2.14. The van der Waals surface area contributed by atoms with Crippen LogP contribution in [0.3, 0.4) is 0 Å². The first-order chi connectivity index (χ1) is 14.0. The SMILES string of the molecule is O=C(CCCc1ccc(O)cc1)C(=O)Nc1ccc(C(=O)c2ccccc2)cc1. The van der Waals surface area contributed by atoms with E-state index in [4.69, 9.17) is 0 Å². The molecule has 3 aromatic carbocycles. The maximum absolute atomic E-state index is 12.4. The van der Waals surface area contributed by atoms with Crippen LogP contribution < -0.4 is 5.32 Å². The third kappa shape index (κ3) is 5.62. The fourth-order valence-corrected chi connectivity index (χ4v) is 2.89. The Kier molecular flexibility index (Phi) is 6.53. The average Bonchev–Trinajstić information content (AvgIpc) is 2.75. The molecule has 29 heavy (non-hydrogen) atoms. The summed E-state index contributed by atoms with van der Waals surface area (Å²) in [6.45, 7) is 0. The van der Waals surface area contributed by atoms with Crippen molar-refractivity contribution in [3.63, 3.8) is 0 Å². The molecule has 0 saturated carbocycles. The van der Waals surface area contributed by atoms with E-state index in [1.54, 1.807) is 72.8 Å². The van der Waals surface area contributed by atoms with Crippen LogP contribution in [0.1, 0.15) is 34.3 Å². The number of carbonyl (C=O) groups excluding carboxylic acids is 3. The molecular formula is C24H21NO4. The van der Waals surface area contributed by atoms with Gasteiger partial charge in [-0.05, 0) is 54.8 Å². The van der Waals surface area contributed by atoms with Crippen molar-refractivity contribution >= 4 is 23.2 Å². The molecule has 3 rings (SSSR count). The first-order valence-corrected chi connectivity index (χ1v) is 9.35. The van der Waals surface area contributed by atoms with E-state index >= 15 is 0 Å². The van der Waals surface area contributed by atoms with Crippen LogP contribution in [0.2, 0.25) is 0 Å². The quantitative estimate of drug-likeness (QED) is 0.449. The molecule has 0 spiro atoms.